The molecule has 0 aromatic heterocycles. The molecule has 0 bridgehead atoms. The van der Waals surface area contributed by atoms with Gasteiger partial charge in [0, 0.05) is 19.7 Å². The molecular weight excluding hydrogens is 380 g/mol. The number of hydrogen-bond donors (Lipinski definition) is 1. The molecule has 0 aliphatic carbocycles. The first kappa shape index (κ1) is 21.0. The van der Waals surface area contributed by atoms with E-state index in [1.165, 1.54) is 18.2 Å². The molecule has 2 rings (SSSR count). The molecule has 0 spiro atoms. The minimum atomic E-state index is -3.84. The average Bonchev–Trinajstić information content (AvgIpc) is 3.13. The summed E-state index contributed by atoms with van der Waals surface area (Å²) in [6.45, 7) is 4.94. The lowest BCUT2D eigenvalue weighted by atomic mass is 10.2. The lowest BCUT2D eigenvalue weighted by Gasteiger charge is -2.21. The molecule has 1 aromatic rings. The summed E-state index contributed by atoms with van der Waals surface area (Å²) in [6, 6.07) is 4.29. The lowest BCUT2D eigenvalue weighted by molar-refractivity contribution is -0.121. The molecule has 1 atom stereocenters. The van der Waals surface area contributed by atoms with Gasteiger partial charge in [0.25, 0.3) is 0 Å². The molecule has 0 radical (unpaired) electrons. The van der Waals surface area contributed by atoms with E-state index in [9.17, 15) is 13.2 Å². The second-order valence-electron chi connectivity index (χ2n) is 5.90. The Kier molecular flexibility index (Phi) is 7.69. The fraction of sp³-hybridized carbons (Fsp3) is 0.588. The molecule has 1 heterocycles. The van der Waals surface area contributed by atoms with Crippen molar-refractivity contribution in [1.29, 1.82) is 0 Å². The fourth-order valence-electron chi connectivity index (χ4n) is 2.68. The van der Waals surface area contributed by atoms with Crippen molar-refractivity contribution < 1.29 is 22.7 Å². The van der Waals surface area contributed by atoms with E-state index in [1.54, 1.807) is 6.92 Å². The molecule has 1 N–H and O–H groups in total. The highest BCUT2D eigenvalue weighted by Crippen LogP contribution is 2.28. The van der Waals surface area contributed by atoms with Crippen LogP contribution in [0.2, 0.25) is 5.02 Å². The van der Waals surface area contributed by atoms with Gasteiger partial charge in [-0.25, -0.2) is 8.42 Å². The maximum Gasteiger partial charge on any atom is 0.243 e. The summed E-state index contributed by atoms with van der Waals surface area (Å²) >= 11 is 6.09. The zero-order valence-corrected chi connectivity index (χ0v) is 16.6. The molecule has 1 aliphatic heterocycles. The van der Waals surface area contributed by atoms with Gasteiger partial charge in [-0.15, -0.1) is 0 Å². The number of nitrogens with one attached hydrogen (secondary N) is 1. The first-order valence-electron chi connectivity index (χ1n) is 8.69. The summed E-state index contributed by atoms with van der Waals surface area (Å²) in [4.78, 5) is 12.2. The Morgan fingerprint density at radius 1 is 1.42 bits per heavy atom. The van der Waals surface area contributed by atoms with Gasteiger partial charge in [0.15, 0.2) is 0 Å². The Balaban J connectivity index is 2.04. The van der Waals surface area contributed by atoms with Crippen molar-refractivity contribution in [2.45, 2.75) is 37.7 Å². The number of rotatable bonds is 9. The summed E-state index contributed by atoms with van der Waals surface area (Å²) < 4.78 is 37.5. The number of nitrogens with zero attached hydrogens (tertiary/aromatic N) is 1. The lowest BCUT2D eigenvalue weighted by Crippen LogP contribution is -2.42. The standard InChI is InChI=1S/C17H25ClN2O5S/c1-3-20(12-17(21)19-11-13-6-5-9-25-13)26(22,23)14-7-8-16(24-4-2)15(18)10-14/h7-8,10,13H,3-6,9,11-12H2,1-2H3,(H,19,21)/t13-/m1/s1. The predicted molar refractivity (Wildman–Crippen MR) is 99.0 cm³/mol. The van der Waals surface area contributed by atoms with E-state index in [-0.39, 0.29) is 35.0 Å². The number of benzene rings is 1. The molecule has 7 nitrogen and oxygen atoms in total. The summed E-state index contributed by atoms with van der Waals surface area (Å²) in [5.74, 6) is 0.0634. The molecule has 0 unspecified atom stereocenters. The van der Waals surface area contributed by atoms with Crippen molar-refractivity contribution in [2.75, 3.05) is 32.8 Å². The van der Waals surface area contributed by atoms with Crippen molar-refractivity contribution in [2.24, 2.45) is 0 Å². The number of halogens is 1. The van der Waals surface area contributed by atoms with Crippen molar-refractivity contribution >= 4 is 27.5 Å². The second kappa shape index (κ2) is 9.55. The maximum atomic E-state index is 12.8. The minimum absolute atomic E-state index is 0.00977. The third-order valence-corrected chi connectivity index (χ3v) is 6.28. The van der Waals surface area contributed by atoms with Crippen molar-refractivity contribution in [1.82, 2.24) is 9.62 Å². The first-order chi connectivity index (χ1) is 12.4. The quantitative estimate of drug-likeness (QED) is 0.680. The number of likely N-dealkylation sites (N-methyl/N-ethyl adjacent to an activating group) is 1. The van der Waals surface area contributed by atoms with Crippen LogP contribution in [0.15, 0.2) is 23.1 Å². The number of sulfonamides is 1. The van der Waals surface area contributed by atoms with Gasteiger partial charge < -0.3 is 14.8 Å². The molecule has 1 saturated heterocycles. The van der Waals surface area contributed by atoms with Gasteiger partial charge >= 0.3 is 0 Å². The molecule has 1 aliphatic rings. The van der Waals surface area contributed by atoms with Crippen LogP contribution in [0, 0.1) is 0 Å². The van der Waals surface area contributed by atoms with Crippen LogP contribution in [0.4, 0.5) is 0 Å². The topological polar surface area (TPSA) is 84.9 Å². The van der Waals surface area contributed by atoms with Crippen molar-refractivity contribution in [3.05, 3.63) is 23.2 Å². The highest BCUT2D eigenvalue weighted by molar-refractivity contribution is 7.89. The highest BCUT2D eigenvalue weighted by Gasteiger charge is 2.26. The van der Waals surface area contributed by atoms with Gasteiger partial charge in [0.05, 0.1) is 29.2 Å². The first-order valence-corrected chi connectivity index (χ1v) is 10.5. The molecule has 0 saturated carbocycles. The Bertz CT molecular complexity index is 720. The van der Waals surface area contributed by atoms with Crippen LogP contribution in [0.3, 0.4) is 0 Å². The Labute approximate surface area is 159 Å². The molecular formula is C17H25ClN2O5S. The van der Waals surface area contributed by atoms with E-state index in [2.05, 4.69) is 5.32 Å². The van der Waals surface area contributed by atoms with E-state index in [4.69, 9.17) is 21.1 Å². The van der Waals surface area contributed by atoms with Crippen LogP contribution in [0.25, 0.3) is 0 Å². The number of ether oxygens (including phenoxy) is 2. The van der Waals surface area contributed by atoms with Gasteiger partial charge in [-0.05, 0) is 38.0 Å². The number of hydrogen-bond acceptors (Lipinski definition) is 5. The van der Waals surface area contributed by atoms with Gasteiger partial charge in [0.1, 0.15) is 5.75 Å². The van der Waals surface area contributed by atoms with Gasteiger partial charge in [-0.2, -0.15) is 4.31 Å². The Hall–Kier alpha value is -1.35. The SMILES string of the molecule is CCOc1ccc(S(=O)(=O)N(CC)CC(=O)NC[C@H]2CCCO2)cc1Cl. The predicted octanol–water partition coefficient (Wildman–Crippen LogP) is 2.04. The van der Waals surface area contributed by atoms with E-state index < -0.39 is 10.0 Å². The summed E-state index contributed by atoms with van der Waals surface area (Å²) in [7, 11) is -3.84. The van der Waals surface area contributed by atoms with Gasteiger partial charge in [0.2, 0.25) is 15.9 Å². The van der Waals surface area contributed by atoms with E-state index in [0.717, 1.165) is 17.1 Å². The van der Waals surface area contributed by atoms with Crippen LogP contribution < -0.4 is 10.1 Å². The van der Waals surface area contributed by atoms with Gasteiger partial charge in [-0.1, -0.05) is 18.5 Å². The molecule has 1 amide bonds. The van der Waals surface area contributed by atoms with Crippen LogP contribution in [-0.4, -0.2) is 57.6 Å². The summed E-state index contributed by atoms with van der Waals surface area (Å²) in [5, 5.41) is 2.95. The average molecular weight is 405 g/mol. The van der Waals surface area contributed by atoms with Crippen LogP contribution in [0.5, 0.6) is 5.75 Å². The second-order valence-corrected chi connectivity index (χ2v) is 8.24. The molecule has 1 fully saturated rings. The smallest absolute Gasteiger partial charge is 0.243 e. The number of carbonyl (C=O) groups excluding carboxylic acids is 1. The number of amides is 1. The Morgan fingerprint density at radius 2 is 2.19 bits per heavy atom. The van der Waals surface area contributed by atoms with Crippen LogP contribution in [-0.2, 0) is 19.6 Å². The fourth-order valence-corrected chi connectivity index (χ4v) is 4.41. The molecule has 146 valence electrons. The molecule has 9 heteroatoms. The third-order valence-electron chi connectivity index (χ3n) is 4.06. The Morgan fingerprint density at radius 3 is 2.77 bits per heavy atom. The summed E-state index contributed by atoms with van der Waals surface area (Å²) in [5.41, 5.74) is 0. The zero-order chi connectivity index (χ0) is 19.2. The zero-order valence-electron chi connectivity index (χ0n) is 15.0. The largest absolute Gasteiger partial charge is 0.492 e. The highest BCUT2D eigenvalue weighted by atomic mass is 35.5. The monoisotopic (exact) mass is 404 g/mol. The maximum absolute atomic E-state index is 12.8. The van der Waals surface area contributed by atoms with E-state index in [0.29, 0.717) is 25.5 Å². The van der Waals surface area contributed by atoms with Crippen LogP contribution >= 0.6 is 11.6 Å². The van der Waals surface area contributed by atoms with Crippen LogP contribution in [0.1, 0.15) is 26.7 Å². The van der Waals surface area contributed by atoms with Gasteiger partial charge in [-0.3, -0.25) is 4.79 Å². The molecule has 1 aromatic carbocycles. The van der Waals surface area contributed by atoms with E-state index in [1.807, 2.05) is 6.92 Å². The van der Waals surface area contributed by atoms with Crippen molar-refractivity contribution in [3.8, 4) is 5.75 Å². The minimum Gasteiger partial charge on any atom is -0.492 e. The third kappa shape index (κ3) is 5.33. The normalized spacial score (nSPS) is 17.5. The summed E-state index contributed by atoms with van der Waals surface area (Å²) in [6.07, 6.45) is 1.89. The van der Waals surface area contributed by atoms with E-state index >= 15 is 0 Å². The molecule has 26 heavy (non-hydrogen) atoms. The van der Waals surface area contributed by atoms with Crippen molar-refractivity contribution in [3.63, 3.8) is 0 Å². The number of carbonyl (C=O) groups is 1.